The van der Waals surface area contributed by atoms with Crippen LogP contribution in [0.1, 0.15) is 17.5 Å². The Morgan fingerprint density at radius 1 is 1.58 bits per heavy atom. The third kappa shape index (κ3) is 5.17. The first-order valence-electron chi connectivity index (χ1n) is 3.30. The van der Waals surface area contributed by atoms with E-state index < -0.39 is 0 Å². The van der Waals surface area contributed by atoms with Crippen molar-refractivity contribution in [3.05, 3.63) is 36.3 Å². The van der Waals surface area contributed by atoms with E-state index in [1.807, 2.05) is 0 Å². The first-order valence-corrected chi connectivity index (χ1v) is 3.30. The second-order valence-electron chi connectivity index (χ2n) is 2.10. The SMILES string of the molecule is C=C(C)C=O.O=Cc1ccco1. The van der Waals surface area contributed by atoms with Gasteiger partial charge in [0.1, 0.15) is 6.29 Å². The average Bonchev–Trinajstić information content (AvgIpc) is 2.57. The molecule has 0 atom stereocenters. The molecule has 0 aliphatic heterocycles. The minimum atomic E-state index is 0.375. The minimum Gasteiger partial charge on any atom is -0.462 e. The fourth-order valence-electron chi connectivity index (χ4n) is 0.358. The summed E-state index contributed by atoms with van der Waals surface area (Å²) < 4.78 is 4.61. The summed E-state index contributed by atoms with van der Waals surface area (Å²) >= 11 is 0. The average molecular weight is 166 g/mol. The monoisotopic (exact) mass is 166 g/mol. The van der Waals surface area contributed by atoms with Crippen LogP contribution in [0.4, 0.5) is 0 Å². The van der Waals surface area contributed by atoms with Gasteiger partial charge in [-0.1, -0.05) is 6.58 Å². The van der Waals surface area contributed by atoms with E-state index in [1.165, 1.54) is 6.26 Å². The van der Waals surface area contributed by atoms with Crippen LogP contribution in [0.3, 0.4) is 0 Å². The molecule has 0 bridgehead atoms. The van der Waals surface area contributed by atoms with Crippen LogP contribution in [0.15, 0.2) is 35.0 Å². The van der Waals surface area contributed by atoms with E-state index in [-0.39, 0.29) is 0 Å². The van der Waals surface area contributed by atoms with Crippen molar-refractivity contribution in [2.75, 3.05) is 0 Å². The number of hydrogen-bond donors (Lipinski definition) is 0. The molecule has 1 aromatic heterocycles. The van der Waals surface area contributed by atoms with Gasteiger partial charge >= 0.3 is 0 Å². The molecular formula is C9H10O3. The van der Waals surface area contributed by atoms with Crippen LogP contribution >= 0.6 is 0 Å². The van der Waals surface area contributed by atoms with Crippen LogP contribution < -0.4 is 0 Å². The first kappa shape index (κ1) is 10.4. The lowest BCUT2D eigenvalue weighted by Gasteiger charge is -1.68. The van der Waals surface area contributed by atoms with Crippen LogP contribution in [0.5, 0.6) is 0 Å². The number of rotatable bonds is 2. The lowest BCUT2D eigenvalue weighted by atomic mass is 10.4. The van der Waals surface area contributed by atoms with Gasteiger partial charge in [-0.2, -0.15) is 0 Å². The molecule has 0 saturated carbocycles. The van der Waals surface area contributed by atoms with Gasteiger partial charge in [0.25, 0.3) is 0 Å². The van der Waals surface area contributed by atoms with E-state index in [9.17, 15) is 9.59 Å². The van der Waals surface area contributed by atoms with Crippen molar-refractivity contribution in [3.63, 3.8) is 0 Å². The molecule has 1 heterocycles. The Bertz CT molecular complexity index is 247. The fourth-order valence-corrected chi connectivity index (χ4v) is 0.358. The number of furan rings is 1. The quantitative estimate of drug-likeness (QED) is 0.497. The maximum atomic E-state index is 9.77. The van der Waals surface area contributed by atoms with Gasteiger partial charge in [0.05, 0.1) is 6.26 Å². The molecule has 64 valence electrons. The molecular weight excluding hydrogens is 156 g/mol. The Morgan fingerprint density at radius 3 is 2.33 bits per heavy atom. The number of carbonyl (C=O) groups excluding carboxylic acids is 2. The van der Waals surface area contributed by atoms with Crippen molar-refractivity contribution in [2.45, 2.75) is 6.92 Å². The van der Waals surface area contributed by atoms with Crippen LogP contribution in [0, 0.1) is 0 Å². The predicted molar refractivity (Wildman–Crippen MR) is 45.0 cm³/mol. The van der Waals surface area contributed by atoms with E-state index in [2.05, 4.69) is 11.0 Å². The highest BCUT2D eigenvalue weighted by atomic mass is 16.3. The highest BCUT2D eigenvalue weighted by molar-refractivity contribution is 5.70. The van der Waals surface area contributed by atoms with E-state index in [0.717, 1.165) is 6.29 Å². The Labute approximate surface area is 70.7 Å². The third-order valence-corrected chi connectivity index (χ3v) is 0.861. The lowest BCUT2D eigenvalue weighted by Crippen LogP contribution is -1.65. The second-order valence-corrected chi connectivity index (χ2v) is 2.10. The van der Waals surface area contributed by atoms with Crippen molar-refractivity contribution in [1.82, 2.24) is 0 Å². The van der Waals surface area contributed by atoms with Gasteiger partial charge in [-0.15, -0.1) is 0 Å². The Kier molecular flexibility index (Phi) is 5.26. The summed E-state index contributed by atoms with van der Waals surface area (Å²) in [6.07, 6.45) is 2.85. The summed E-state index contributed by atoms with van der Waals surface area (Å²) in [6, 6.07) is 3.27. The molecule has 1 rings (SSSR count). The van der Waals surface area contributed by atoms with Gasteiger partial charge in [0.15, 0.2) is 12.0 Å². The van der Waals surface area contributed by atoms with Gasteiger partial charge in [0, 0.05) is 0 Å². The maximum absolute atomic E-state index is 9.77. The van der Waals surface area contributed by atoms with E-state index in [1.54, 1.807) is 19.1 Å². The van der Waals surface area contributed by atoms with E-state index >= 15 is 0 Å². The molecule has 12 heavy (non-hydrogen) atoms. The largest absolute Gasteiger partial charge is 0.462 e. The van der Waals surface area contributed by atoms with E-state index in [0.29, 0.717) is 17.6 Å². The second kappa shape index (κ2) is 6.09. The Morgan fingerprint density at radius 2 is 2.17 bits per heavy atom. The molecule has 0 saturated heterocycles. The summed E-state index contributed by atoms with van der Waals surface area (Å²) in [7, 11) is 0. The van der Waals surface area contributed by atoms with Gasteiger partial charge in [-0.25, -0.2) is 0 Å². The zero-order valence-electron chi connectivity index (χ0n) is 6.82. The van der Waals surface area contributed by atoms with Crippen molar-refractivity contribution >= 4 is 12.6 Å². The molecule has 0 unspecified atom stereocenters. The van der Waals surface area contributed by atoms with Crippen molar-refractivity contribution in [1.29, 1.82) is 0 Å². The Balaban J connectivity index is 0.000000217. The molecule has 0 N–H and O–H groups in total. The van der Waals surface area contributed by atoms with Gasteiger partial charge < -0.3 is 4.42 Å². The Hall–Kier alpha value is -1.64. The predicted octanol–water partition coefficient (Wildman–Crippen LogP) is 1.85. The van der Waals surface area contributed by atoms with Crippen LogP contribution in [-0.4, -0.2) is 12.6 Å². The van der Waals surface area contributed by atoms with Crippen molar-refractivity contribution < 1.29 is 14.0 Å². The van der Waals surface area contributed by atoms with Crippen LogP contribution in [-0.2, 0) is 4.79 Å². The molecule has 0 aliphatic carbocycles. The molecule has 3 nitrogen and oxygen atoms in total. The molecule has 0 aromatic carbocycles. The molecule has 0 amide bonds. The zero-order valence-corrected chi connectivity index (χ0v) is 6.82. The lowest BCUT2D eigenvalue weighted by molar-refractivity contribution is -0.104. The minimum absolute atomic E-state index is 0.375. The molecule has 3 heteroatoms. The molecule has 1 aromatic rings. The first-order chi connectivity index (χ1) is 5.70. The maximum Gasteiger partial charge on any atom is 0.185 e. The van der Waals surface area contributed by atoms with Gasteiger partial charge in [-0.05, 0) is 24.6 Å². The summed E-state index contributed by atoms with van der Waals surface area (Å²) in [5.74, 6) is 0.375. The van der Waals surface area contributed by atoms with E-state index in [4.69, 9.17) is 0 Å². The summed E-state index contributed by atoms with van der Waals surface area (Å²) in [4.78, 5) is 19.2. The van der Waals surface area contributed by atoms with Crippen LogP contribution in [0.25, 0.3) is 0 Å². The highest BCUT2D eigenvalue weighted by Crippen LogP contribution is 1.92. The van der Waals surface area contributed by atoms with Crippen molar-refractivity contribution in [2.24, 2.45) is 0 Å². The normalized spacial score (nSPS) is 7.75. The topological polar surface area (TPSA) is 47.3 Å². The number of hydrogen-bond acceptors (Lipinski definition) is 3. The van der Waals surface area contributed by atoms with Crippen LogP contribution in [0.2, 0.25) is 0 Å². The number of aldehydes is 2. The molecule has 0 fully saturated rings. The third-order valence-electron chi connectivity index (χ3n) is 0.861. The number of allylic oxidation sites excluding steroid dienone is 1. The fraction of sp³-hybridized carbons (Fsp3) is 0.111. The summed E-state index contributed by atoms with van der Waals surface area (Å²) in [5, 5.41) is 0. The molecule has 0 aliphatic rings. The van der Waals surface area contributed by atoms with Gasteiger partial charge in [0.2, 0.25) is 0 Å². The van der Waals surface area contributed by atoms with Gasteiger partial charge in [-0.3, -0.25) is 9.59 Å². The molecule has 0 radical (unpaired) electrons. The van der Waals surface area contributed by atoms with Crippen molar-refractivity contribution in [3.8, 4) is 0 Å². The number of carbonyl (C=O) groups is 2. The smallest absolute Gasteiger partial charge is 0.185 e. The molecule has 0 spiro atoms. The summed E-state index contributed by atoms with van der Waals surface area (Å²) in [5.41, 5.74) is 0.574. The highest BCUT2D eigenvalue weighted by Gasteiger charge is 1.84. The standard InChI is InChI=1S/C5H4O2.C4H6O/c6-4-5-2-1-3-7-5;1-4(2)3-5/h1-4H;3H,1H2,2H3. The zero-order chi connectivity index (χ0) is 9.40. The summed E-state index contributed by atoms with van der Waals surface area (Å²) in [6.45, 7) is 4.97.